The Labute approximate surface area is 260 Å². The van der Waals surface area contributed by atoms with Gasteiger partial charge in [-0.3, -0.25) is 19.2 Å². The molecule has 2 aromatic rings. The van der Waals surface area contributed by atoms with Gasteiger partial charge in [-0.15, -0.1) is 0 Å². The molecular weight excluding hydrogens is 487 g/mol. The smallest absolute Gasteiger partial charge is 0.870 e. The minimum atomic E-state index is -0.422. The molecule has 0 spiro atoms. The second kappa shape index (κ2) is 33.3. The molecule has 7 nitrogen and oxygen atoms in total. The van der Waals surface area contributed by atoms with Crippen LogP contribution in [0.1, 0.15) is 103 Å². The molecule has 0 fully saturated rings. The minimum absolute atomic E-state index is 0. The fourth-order valence-corrected chi connectivity index (χ4v) is 2.03. The van der Waals surface area contributed by atoms with Gasteiger partial charge in [-0.25, -0.2) is 0 Å². The number of carbonyl (C=O) groups excluding carboxylic acids is 4. The second-order valence-corrected chi connectivity index (χ2v) is 5.47. The van der Waals surface area contributed by atoms with Crippen molar-refractivity contribution in [2.45, 2.75) is 82.6 Å². The van der Waals surface area contributed by atoms with Crippen LogP contribution in [0.2, 0.25) is 0 Å². The average molecular weight is 533 g/mol. The quantitative estimate of drug-likeness (QED) is 0.200. The summed E-state index contributed by atoms with van der Waals surface area (Å²) in [6.07, 6.45) is -0.155. The molecule has 0 unspecified atom stereocenters. The number of phenolic OH excluding ortho intramolecular Hbond substituents is 1. The number of carbonyl (C=O) groups is 4. The number of benzene rings is 2. The summed E-state index contributed by atoms with van der Waals surface area (Å²) < 4.78 is 4.85. The molecule has 0 aliphatic rings. The summed E-state index contributed by atoms with van der Waals surface area (Å²) >= 11 is 0. The van der Waals surface area contributed by atoms with Crippen LogP contribution >= 0.6 is 0 Å². The van der Waals surface area contributed by atoms with Gasteiger partial charge in [-0.1, -0.05) is 79.7 Å². The summed E-state index contributed by atoms with van der Waals surface area (Å²) in [5, 5.41) is 9.26. The number of Topliss-reactive ketones (excluding diaryl/α,β-unsaturated/α-hetero) is 3. The number of ether oxygens (including phenoxy) is 1. The van der Waals surface area contributed by atoms with Crippen molar-refractivity contribution in [3.05, 3.63) is 59.7 Å². The largest absolute Gasteiger partial charge is 1.00 e. The Hall–Kier alpha value is -1.68. The van der Waals surface area contributed by atoms with E-state index >= 15 is 0 Å². The number of hydrogen-bond donors (Lipinski definition) is 1. The number of hydrogen-bond acceptors (Lipinski definition) is 7. The van der Waals surface area contributed by atoms with Gasteiger partial charge in [0.1, 0.15) is 17.3 Å². The van der Waals surface area contributed by atoms with E-state index in [9.17, 15) is 24.3 Å². The Morgan fingerprint density at radius 2 is 1.08 bits per heavy atom. The van der Waals surface area contributed by atoms with Crippen LogP contribution in [-0.4, -0.2) is 33.9 Å². The van der Waals surface area contributed by atoms with E-state index in [4.69, 9.17) is 4.74 Å². The van der Waals surface area contributed by atoms with Crippen LogP contribution in [0, 0.1) is 0 Å². The normalized spacial score (nSPS) is 7.53. The van der Waals surface area contributed by atoms with E-state index in [1.165, 1.54) is 32.9 Å². The molecule has 0 saturated heterocycles. The number of aromatic hydroxyl groups is 1. The van der Waals surface area contributed by atoms with Crippen molar-refractivity contribution in [1.29, 1.82) is 0 Å². The zero-order valence-electron chi connectivity index (χ0n) is 24.3. The second-order valence-electron chi connectivity index (χ2n) is 5.47. The molecule has 0 radical (unpaired) electrons. The van der Waals surface area contributed by atoms with Gasteiger partial charge in [-0.05, 0) is 38.1 Å². The van der Waals surface area contributed by atoms with E-state index < -0.39 is 5.97 Å². The van der Waals surface area contributed by atoms with E-state index in [1.54, 1.807) is 36.4 Å². The summed E-state index contributed by atoms with van der Waals surface area (Å²) in [7, 11) is 0. The Morgan fingerprint density at radius 3 is 1.44 bits per heavy atom. The van der Waals surface area contributed by atoms with Crippen molar-refractivity contribution in [3.8, 4) is 11.5 Å². The summed E-state index contributed by atoms with van der Waals surface area (Å²) in [5.41, 5.74) is 0.635. The van der Waals surface area contributed by atoms with Crippen LogP contribution in [0.5, 0.6) is 11.5 Å². The summed E-state index contributed by atoms with van der Waals surface area (Å²) in [6.45, 7) is 20.1. The third kappa shape index (κ3) is 24.0. The molecule has 2 rings (SSSR count). The summed E-state index contributed by atoms with van der Waals surface area (Å²) in [6, 6.07) is 12.9. The van der Waals surface area contributed by atoms with Crippen molar-refractivity contribution in [3.63, 3.8) is 0 Å². The summed E-state index contributed by atoms with van der Waals surface area (Å²) in [5.74, 6) is -0.833. The Kier molecular flexibility index (Phi) is 44.0. The molecule has 2 N–H and O–H groups in total. The van der Waals surface area contributed by atoms with Gasteiger partial charge in [-0.2, -0.15) is 0 Å². The third-order valence-electron chi connectivity index (χ3n) is 3.13. The molecule has 0 heterocycles. The first kappa shape index (κ1) is 47.5. The van der Waals surface area contributed by atoms with Crippen molar-refractivity contribution in [2.75, 3.05) is 0 Å². The molecule has 2 aromatic carbocycles. The first-order chi connectivity index (χ1) is 16.2. The SMILES string of the molecule is CC.CC.CC.CC.CC(=O)CC(=O)c1ccccc1O.CC(=O)Oc1ccccc1C(C)=O.[K+].[OH-]. The van der Waals surface area contributed by atoms with Gasteiger partial charge in [0.25, 0.3) is 0 Å². The maximum absolute atomic E-state index is 11.3. The van der Waals surface area contributed by atoms with E-state index in [2.05, 4.69) is 0 Å². The van der Waals surface area contributed by atoms with Crippen molar-refractivity contribution in [1.82, 2.24) is 0 Å². The topological polar surface area (TPSA) is 128 Å². The molecule has 0 aromatic heterocycles. The predicted octanol–water partition coefficient (Wildman–Crippen LogP) is 4.30. The van der Waals surface area contributed by atoms with E-state index in [-0.39, 0.29) is 91.9 Å². The number of ketones is 3. The predicted molar refractivity (Wildman–Crippen MR) is 143 cm³/mol. The van der Waals surface area contributed by atoms with Gasteiger partial charge in [0.2, 0.25) is 0 Å². The van der Waals surface area contributed by atoms with Crippen LogP contribution in [0.4, 0.5) is 0 Å². The molecule has 8 heteroatoms. The van der Waals surface area contributed by atoms with Crippen LogP contribution in [0.25, 0.3) is 0 Å². The van der Waals surface area contributed by atoms with Crippen molar-refractivity contribution in [2.24, 2.45) is 0 Å². The zero-order chi connectivity index (χ0) is 27.7. The van der Waals surface area contributed by atoms with Crippen LogP contribution < -0.4 is 56.1 Å². The standard InChI is InChI=1S/2C10H10O3.4C2H6.K.H2O/c1-7(11)9-5-3-4-6-10(9)13-8(2)12;1-7(11)6-10(13)8-4-2-3-5-9(8)12;4*1-2;;/h3-6H,1-2H3;2-5,12H,6H2,1H3;4*1-2H3;;1H2/q;;;;;;+1;/p-1. The van der Waals surface area contributed by atoms with E-state index in [1.807, 2.05) is 55.4 Å². The van der Waals surface area contributed by atoms with Crippen LogP contribution in [-0.2, 0) is 9.59 Å². The average Bonchev–Trinajstić information content (AvgIpc) is 2.84. The Bertz CT molecular complexity index is 834. The fourth-order valence-electron chi connectivity index (χ4n) is 2.03. The molecule has 0 bridgehead atoms. The third-order valence-corrected chi connectivity index (χ3v) is 3.13. The fraction of sp³-hybridized carbons (Fsp3) is 0.429. The number of esters is 1. The van der Waals surface area contributed by atoms with Gasteiger partial charge < -0.3 is 15.3 Å². The number of para-hydroxylation sites is 2. The first-order valence-electron chi connectivity index (χ1n) is 11.8. The van der Waals surface area contributed by atoms with E-state index in [0.29, 0.717) is 11.3 Å². The zero-order valence-corrected chi connectivity index (χ0v) is 27.4. The summed E-state index contributed by atoms with van der Waals surface area (Å²) in [4.78, 5) is 43.6. The van der Waals surface area contributed by atoms with Gasteiger partial charge in [0, 0.05) is 6.92 Å². The molecule has 0 atom stereocenters. The molecule has 0 aliphatic carbocycles. The van der Waals surface area contributed by atoms with Crippen molar-refractivity contribution >= 4 is 23.3 Å². The van der Waals surface area contributed by atoms with Crippen LogP contribution in [0.15, 0.2) is 48.5 Å². The molecule has 0 aliphatic heterocycles. The molecule has 36 heavy (non-hydrogen) atoms. The Morgan fingerprint density at radius 1 is 0.694 bits per heavy atom. The van der Waals surface area contributed by atoms with Crippen molar-refractivity contribution < 1.29 is 85.9 Å². The van der Waals surface area contributed by atoms with Gasteiger partial charge in [0.05, 0.1) is 17.5 Å². The molecular formula is C28H45KO7. The Balaban J connectivity index is -0.0000000936. The molecule has 0 amide bonds. The first-order valence-corrected chi connectivity index (χ1v) is 11.8. The molecule has 0 saturated carbocycles. The monoisotopic (exact) mass is 532 g/mol. The number of phenols is 1. The van der Waals surface area contributed by atoms with Gasteiger partial charge in [0.15, 0.2) is 11.6 Å². The maximum Gasteiger partial charge on any atom is 1.00 e. The molecule has 200 valence electrons. The van der Waals surface area contributed by atoms with Gasteiger partial charge >= 0.3 is 57.4 Å². The van der Waals surface area contributed by atoms with Crippen LogP contribution in [0.3, 0.4) is 0 Å². The van der Waals surface area contributed by atoms with E-state index in [0.717, 1.165) is 0 Å². The number of rotatable bonds is 5. The maximum atomic E-state index is 11.3. The minimum Gasteiger partial charge on any atom is -0.870 e.